The Bertz CT molecular complexity index is 1080. The van der Waals surface area contributed by atoms with Crippen LogP contribution in [0, 0.1) is 5.92 Å². The lowest BCUT2D eigenvalue weighted by Crippen LogP contribution is -2.03. The van der Waals surface area contributed by atoms with Crippen molar-refractivity contribution >= 4 is 10.8 Å². The highest BCUT2D eigenvalue weighted by Crippen LogP contribution is 2.43. The Labute approximate surface area is 171 Å². The molecule has 0 amide bonds. The van der Waals surface area contributed by atoms with Gasteiger partial charge in [-0.25, -0.2) is 0 Å². The zero-order valence-corrected chi connectivity index (χ0v) is 16.8. The summed E-state index contributed by atoms with van der Waals surface area (Å²) in [4.78, 5) is 0. The summed E-state index contributed by atoms with van der Waals surface area (Å²) in [7, 11) is 0. The summed E-state index contributed by atoms with van der Waals surface area (Å²) in [6.07, 6.45) is 5.17. The van der Waals surface area contributed by atoms with Gasteiger partial charge in [0.05, 0.1) is 0 Å². The van der Waals surface area contributed by atoms with E-state index in [1.165, 1.54) is 47.6 Å². The topological polar surface area (TPSA) is 54.5 Å². The molecular weight excluding hydrogens is 356 g/mol. The lowest BCUT2D eigenvalue weighted by Gasteiger charge is -2.19. The van der Waals surface area contributed by atoms with Crippen LogP contribution in [0.4, 0.5) is 0 Å². The van der Waals surface area contributed by atoms with Gasteiger partial charge >= 0.3 is 0 Å². The standard InChI is InChI=1S/C25H26N4/c1-17(23-8-4-6-20-5-2-3-7-24(20)23)15-18-9-10-22(16-18)19-11-13-21(14-12-19)25-26-28-29-27-25/h2-8,11-14,17-18,22H,9-10,15-16H2,1H3,(H,26,27,28,29)/t17-,18?,22?/m0/s1. The third-order valence-electron chi connectivity index (χ3n) is 6.57. The van der Waals surface area contributed by atoms with Crippen molar-refractivity contribution in [1.82, 2.24) is 20.6 Å². The molecule has 1 heterocycles. The number of hydrogen-bond acceptors (Lipinski definition) is 3. The molecule has 2 unspecified atom stereocenters. The first-order valence-corrected chi connectivity index (χ1v) is 10.6. The van der Waals surface area contributed by atoms with Crippen molar-refractivity contribution in [3.8, 4) is 11.4 Å². The number of fused-ring (bicyclic) bond motifs is 1. The number of nitrogens with one attached hydrogen (secondary N) is 1. The summed E-state index contributed by atoms with van der Waals surface area (Å²) >= 11 is 0. The molecule has 4 aromatic rings. The molecule has 4 heteroatoms. The maximum absolute atomic E-state index is 4.06. The molecule has 1 aliphatic rings. The largest absolute Gasteiger partial charge is 0.204 e. The molecule has 3 atom stereocenters. The third kappa shape index (κ3) is 3.67. The van der Waals surface area contributed by atoms with Crippen molar-refractivity contribution < 1.29 is 0 Å². The predicted octanol–water partition coefficient (Wildman–Crippen LogP) is 6.10. The second kappa shape index (κ2) is 7.78. The van der Waals surface area contributed by atoms with Gasteiger partial charge in [-0.05, 0) is 70.5 Å². The first kappa shape index (κ1) is 18.0. The molecule has 0 bridgehead atoms. The molecule has 146 valence electrons. The van der Waals surface area contributed by atoms with Gasteiger partial charge in [-0.3, -0.25) is 0 Å². The summed E-state index contributed by atoms with van der Waals surface area (Å²) in [5, 5.41) is 17.0. The summed E-state index contributed by atoms with van der Waals surface area (Å²) in [6.45, 7) is 2.40. The number of rotatable bonds is 5. The lowest BCUT2D eigenvalue weighted by molar-refractivity contribution is 0.456. The second-order valence-corrected chi connectivity index (χ2v) is 8.44. The zero-order valence-electron chi connectivity index (χ0n) is 16.8. The fourth-order valence-electron chi connectivity index (χ4n) is 5.09. The molecule has 3 aromatic carbocycles. The number of aromatic nitrogens is 4. The van der Waals surface area contributed by atoms with E-state index in [1.807, 2.05) is 0 Å². The van der Waals surface area contributed by atoms with E-state index in [0.717, 1.165) is 11.5 Å². The van der Waals surface area contributed by atoms with Crippen LogP contribution in [0.25, 0.3) is 22.2 Å². The summed E-state index contributed by atoms with van der Waals surface area (Å²) in [5.74, 6) is 2.71. The summed E-state index contributed by atoms with van der Waals surface area (Å²) < 4.78 is 0. The van der Waals surface area contributed by atoms with Gasteiger partial charge in [0.25, 0.3) is 0 Å². The van der Waals surface area contributed by atoms with Crippen molar-refractivity contribution in [3.05, 3.63) is 77.9 Å². The van der Waals surface area contributed by atoms with Crippen molar-refractivity contribution in [2.24, 2.45) is 5.92 Å². The number of hydrogen-bond donors (Lipinski definition) is 1. The number of tetrazole rings is 1. The van der Waals surface area contributed by atoms with Gasteiger partial charge in [-0.15, -0.1) is 10.2 Å². The van der Waals surface area contributed by atoms with E-state index in [1.54, 1.807) is 0 Å². The minimum Gasteiger partial charge on any atom is -0.177 e. The molecule has 1 fully saturated rings. The maximum Gasteiger partial charge on any atom is 0.204 e. The molecule has 5 rings (SSSR count). The van der Waals surface area contributed by atoms with Gasteiger partial charge in [-0.2, -0.15) is 5.21 Å². The Hall–Kier alpha value is -3.01. The fourth-order valence-corrected chi connectivity index (χ4v) is 5.09. The first-order chi connectivity index (χ1) is 14.3. The minimum atomic E-state index is 0.588. The molecule has 0 saturated heterocycles. The molecule has 0 radical (unpaired) electrons. The van der Waals surface area contributed by atoms with Crippen molar-refractivity contribution in [2.75, 3.05) is 0 Å². The second-order valence-electron chi connectivity index (χ2n) is 8.44. The molecule has 1 N–H and O–H groups in total. The molecule has 1 aliphatic carbocycles. The average Bonchev–Trinajstić information content (AvgIpc) is 3.46. The van der Waals surface area contributed by atoms with Gasteiger partial charge in [0, 0.05) is 5.56 Å². The van der Waals surface area contributed by atoms with Crippen molar-refractivity contribution in [1.29, 1.82) is 0 Å². The number of benzene rings is 3. The van der Waals surface area contributed by atoms with Gasteiger partial charge in [0.15, 0.2) is 0 Å². The van der Waals surface area contributed by atoms with Crippen LogP contribution in [0.15, 0.2) is 66.7 Å². The van der Waals surface area contributed by atoms with Crippen molar-refractivity contribution in [3.63, 3.8) is 0 Å². The molecule has 1 aromatic heterocycles. The highest BCUT2D eigenvalue weighted by Gasteiger charge is 2.27. The average molecular weight is 383 g/mol. The molecule has 0 spiro atoms. The number of H-pyrrole nitrogens is 1. The maximum atomic E-state index is 4.06. The van der Waals surface area contributed by atoms with Crippen LogP contribution in [0.3, 0.4) is 0 Å². The lowest BCUT2D eigenvalue weighted by atomic mass is 9.86. The Morgan fingerprint density at radius 2 is 1.79 bits per heavy atom. The van der Waals surface area contributed by atoms with Crippen LogP contribution in [0.2, 0.25) is 0 Å². The van der Waals surface area contributed by atoms with Crippen LogP contribution in [-0.4, -0.2) is 20.6 Å². The Morgan fingerprint density at radius 3 is 2.62 bits per heavy atom. The summed E-state index contributed by atoms with van der Waals surface area (Å²) in [6, 6.07) is 24.2. The van der Waals surface area contributed by atoms with E-state index >= 15 is 0 Å². The number of nitrogens with zero attached hydrogens (tertiary/aromatic N) is 3. The first-order valence-electron chi connectivity index (χ1n) is 10.6. The van der Waals surface area contributed by atoms with E-state index in [9.17, 15) is 0 Å². The van der Waals surface area contributed by atoms with Crippen LogP contribution >= 0.6 is 0 Å². The number of aromatic amines is 1. The summed E-state index contributed by atoms with van der Waals surface area (Å²) in [5.41, 5.74) is 3.95. The smallest absolute Gasteiger partial charge is 0.177 e. The van der Waals surface area contributed by atoms with Gasteiger partial charge in [-0.1, -0.05) is 73.7 Å². The third-order valence-corrected chi connectivity index (χ3v) is 6.57. The van der Waals surface area contributed by atoms with E-state index in [4.69, 9.17) is 0 Å². The van der Waals surface area contributed by atoms with E-state index in [-0.39, 0.29) is 0 Å². The Balaban J connectivity index is 1.26. The Kier molecular flexibility index (Phi) is 4.84. The Morgan fingerprint density at radius 1 is 0.966 bits per heavy atom. The SMILES string of the molecule is C[C@@H](CC1CCC(c2ccc(-c3nn[nH]n3)cc2)C1)c1cccc2ccccc12. The van der Waals surface area contributed by atoms with Crippen LogP contribution < -0.4 is 0 Å². The highest BCUT2D eigenvalue weighted by molar-refractivity contribution is 5.86. The van der Waals surface area contributed by atoms with E-state index < -0.39 is 0 Å². The molecular formula is C25H26N4. The normalized spacial score (nSPS) is 20.2. The monoisotopic (exact) mass is 382 g/mol. The molecule has 0 aliphatic heterocycles. The van der Waals surface area contributed by atoms with Crippen LogP contribution in [-0.2, 0) is 0 Å². The van der Waals surface area contributed by atoms with Gasteiger partial charge < -0.3 is 0 Å². The molecule has 1 saturated carbocycles. The zero-order chi connectivity index (χ0) is 19.6. The predicted molar refractivity (Wildman–Crippen MR) is 117 cm³/mol. The fraction of sp³-hybridized carbons (Fsp3) is 0.320. The van der Waals surface area contributed by atoms with Crippen LogP contribution in [0.1, 0.15) is 55.6 Å². The van der Waals surface area contributed by atoms with Crippen molar-refractivity contribution in [2.45, 2.75) is 44.4 Å². The highest BCUT2D eigenvalue weighted by atomic mass is 15.5. The quantitative estimate of drug-likeness (QED) is 0.454. The molecule has 29 heavy (non-hydrogen) atoms. The van der Waals surface area contributed by atoms with Gasteiger partial charge in [0.1, 0.15) is 0 Å². The van der Waals surface area contributed by atoms with Gasteiger partial charge in [0.2, 0.25) is 5.82 Å². The molecule has 4 nitrogen and oxygen atoms in total. The van der Waals surface area contributed by atoms with E-state index in [2.05, 4.69) is 94.3 Å². The minimum absolute atomic E-state index is 0.588. The van der Waals surface area contributed by atoms with Crippen LogP contribution in [0.5, 0.6) is 0 Å². The van der Waals surface area contributed by atoms with E-state index in [0.29, 0.717) is 17.7 Å².